The van der Waals surface area contributed by atoms with E-state index in [0.29, 0.717) is 11.1 Å². The molecule has 1 unspecified atom stereocenters. The molecule has 0 aliphatic heterocycles. The Balaban J connectivity index is 1.96. The minimum absolute atomic E-state index is 0.129. The molecule has 3 aromatic rings. The summed E-state index contributed by atoms with van der Waals surface area (Å²) in [6, 6.07) is 8.24. The van der Waals surface area contributed by atoms with Crippen molar-refractivity contribution in [3.8, 4) is 22.8 Å². The van der Waals surface area contributed by atoms with Crippen molar-refractivity contribution >= 4 is 32.8 Å². The van der Waals surface area contributed by atoms with Crippen molar-refractivity contribution in [3.63, 3.8) is 0 Å². The van der Waals surface area contributed by atoms with Gasteiger partial charge in [-0.1, -0.05) is 0 Å². The first-order chi connectivity index (χ1) is 16.6. The van der Waals surface area contributed by atoms with Gasteiger partial charge in [0.1, 0.15) is 29.0 Å². The highest BCUT2D eigenvalue weighted by Crippen LogP contribution is 2.33. The first-order valence-corrected chi connectivity index (χ1v) is 12.3. The number of aromatic nitrogens is 2. The Morgan fingerprint density at radius 2 is 1.86 bits per heavy atom. The molecule has 0 fully saturated rings. The minimum atomic E-state index is -2.95. The number of nitrogens with zero attached hydrogens (tertiary/aromatic N) is 2. The molecule has 0 aliphatic rings. The van der Waals surface area contributed by atoms with Crippen molar-refractivity contribution in [3.05, 3.63) is 59.8 Å². The summed E-state index contributed by atoms with van der Waals surface area (Å²) in [4.78, 5) is 20.0. The minimum Gasteiger partial charge on any atom is -0.496 e. The summed E-state index contributed by atoms with van der Waals surface area (Å²) < 4.78 is 58.4. The van der Waals surface area contributed by atoms with E-state index in [1.54, 1.807) is 13.0 Å². The van der Waals surface area contributed by atoms with Gasteiger partial charge >= 0.3 is 6.09 Å². The predicted octanol–water partition coefficient (Wildman–Crippen LogP) is 3.91. The molecule has 9 nitrogen and oxygen atoms in total. The maximum absolute atomic E-state index is 14.6. The summed E-state index contributed by atoms with van der Waals surface area (Å²) in [6.07, 6.45) is 1.54. The lowest BCUT2D eigenvalue weighted by Crippen LogP contribution is -2.31. The summed E-state index contributed by atoms with van der Waals surface area (Å²) >= 11 is 0. The van der Waals surface area contributed by atoms with Crippen LogP contribution in [0.4, 0.5) is 25.2 Å². The molecule has 35 heavy (non-hydrogen) atoms. The topological polar surface area (TPSA) is 112 Å². The summed E-state index contributed by atoms with van der Waals surface area (Å²) in [7, 11) is -0.184. The first-order valence-electron chi connectivity index (χ1n) is 10.2. The summed E-state index contributed by atoms with van der Waals surface area (Å²) in [5.74, 6) is -0.338. The maximum Gasteiger partial charge on any atom is 0.418 e. The van der Waals surface area contributed by atoms with Gasteiger partial charge < -0.3 is 19.5 Å². The molecule has 1 aromatic carbocycles. The van der Waals surface area contributed by atoms with E-state index in [1.807, 2.05) is 0 Å². The van der Waals surface area contributed by atoms with Gasteiger partial charge in [0.15, 0.2) is 0 Å². The van der Waals surface area contributed by atoms with Crippen LogP contribution in [0.3, 0.4) is 0 Å². The Hall–Kier alpha value is -3.93. The lowest BCUT2D eigenvalue weighted by Gasteiger charge is -2.13. The Morgan fingerprint density at radius 3 is 2.54 bits per heavy atom. The zero-order chi connectivity index (χ0) is 25.6. The SMILES string of the molecule is CCOC(=O)NS(C)(=O)=Cc1cc(Nc2cc(-c3ccc(F)cc3OC)c(F)cn2)nc(OC)c1. The molecular weight excluding hydrogens is 482 g/mol. The molecule has 12 heteroatoms. The number of hydrogen-bond acceptors (Lipinski definition) is 8. The van der Waals surface area contributed by atoms with Gasteiger partial charge in [-0.3, -0.25) is 0 Å². The maximum atomic E-state index is 14.6. The molecule has 1 amide bonds. The summed E-state index contributed by atoms with van der Waals surface area (Å²) in [5, 5.41) is 4.28. The molecule has 0 radical (unpaired) electrons. The fourth-order valence-corrected chi connectivity index (χ4v) is 4.21. The normalized spacial score (nSPS) is 12.3. The monoisotopic (exact) mass is 506 g/mol. The zero-order valence-corrected chi connectivity index (χ0v) is 20.2. The molecule has 2 aromatic heterocycles. The lowest BCUT2D eigenvalue weighted by molar-refractivity contribution is 0.159. The number of carbonyl (C=O) groups is 1. The summed E-state index contributed by atoms with van der Waals surface area (Å²) in [6.45, 7) is 1.77. The van der Waals surface area contributed by atoms with Crippen molar-refractivity contribution in [2.75, 3.05) is 32.4 Å². The van der Waals surface area contributed by atoms with E-state index in [2.05, 4.69) is 20.0 Å². The van der Waals surface area contributed by atoms with Gasteiger partial charge in [0.2, 0.25) is 5.88 Å². The second kappa shape index (κ2) is 11.0. The number of ether oxygens (including phenoxy) is 3. The molecule has 0 saturated heterocycles. The highest BCUT2D eigenvalue weighted by Gasteiger charge is 2.15. The molecule has 0 saturated carbocycles. The Morgan fingerprint density at radius 1 is 1.09 bits per heavy atom. The molecule has 1 atom stereocenters. The number of anilines is 2. The third-order valence-electron chi connectivity index (χ3n) is 4.52. The van der Waals surface area contributed by atoms with Crippen molar-refractivity contribution in [1.29, 1.82) is 0 Å². The summed E-state index contributed by atoms with van der Waals surface area (Å²) in [5.41, 5.74) is 0.885. The van der Waals surface area contributed by atoms with Crippen molar-refractivity contribution < 1.29 is 32.0 Å². The van der Waals surface area contributed by atoms with E-state index in [9.17, 15) is 17.8 Å². The van der Waals surface area contributed by atoms with Gasteiger partial charge in [-0.15, -0.1) is 0 Å². The predicted molar refractivity (Wildman–Crippen MR) is 130 cm³/mol. The number of pyridine rings is 2. The molecule has 3 rings (SSSR count). The number of rotatable bonds is 8. The molecule has 2 heterocycles. The molecule has 0 spiro atoms. The second-order valence-electron chi connectivity index (χ2n) is 7.19. The van der Waals surface area contributed by atoms with Crippen LogP contribution >= 0.6 is 0 Å². The number of nitrogens with one attached hydrogen (secondary N) is 2. The first kappa shape index (κ1) is 25.7. The molecule has 186 valence electrons. The van der Waals surface area contributed by atoms with Crippen LogP contribution in [0.1, 0.15) is 12.5 Å². The fourth-order valence-electron chi connectivity index (χ4n) is 3.11. The Labute approximate surface area is 201 Å². The van der Waals surface area contributed by atoms with Crippen LogP contribution in [0, 0.1) is 11.6 Å². The van der Waals surface area contributed by atoms with Crippen LogP contribution in [-0.2, 0) is 14.4 Å². The van der Waals surface area contributed by atoms with E-state index in [-0.39, 0.29) is 35.4 Å². The largest absolute Gasteiger partial charge is 0.496 e. The third-order valence-corrected chi connectivity index (χ3v) is 5.81. The van der Waals surface area contributed by atoms with Crippen LogP contribution in [0.2, 0.25) is 0 Å². The lowest BCUT2D eigenvalue weighted by atomic mass is 10.0. The molecular formula is C23H24F2N4O5S. The zero-order valence-electron chi connectivity index (χ0n) is 19.4. The number of carbonyl (C=O) groups excluding carboxylic acids is 1. The number of halogens is 2. The number of benzene rings is 1. The van der Waals surface area contributed by atoms with Crippen molar-refractivity contribution in [2.45, 2.75) is 6.92 Å². The molecule has 2 N–H and O–H groups in total. The van der Waals surface area contributed by atoms with Gasteiger partial charge in [0, 0.05) is 34.9 Å². The molecule has 0 bridgehead atoms. The van der Waals surface area contributed by atoms with E-state index < -0.39 is 27.4 Å². The number of methoxy groups -OCH3 is 2. The van der Waals surface area contributed by atoms with Crippen LogP contribution in [0.15, 0.2) is 42.6 Å². The van der Waals surface area contributed by atoms with Crippen LogP contribution in [0.25, 0.3) is 11.1 Å². The fraction of sp³-hybridized carbons (Fsp3) is 0.217. The smallest absolute Gasteiger partial charge is 0.418 e. The van der Waals surface area contributed by atoms with E-state index in [1.165, 1.54) is 50.1 Å². The standard InChI is InChI=1S/C23H24F2N4O5S/c1-5-34-23(30)29-35(4,31)13-14-8-21(28-22(9-14)33-3)27-20-11-17(18(25)12-26-20)16-7-6-15(24)10-19(16)32-2/h6-13H,5H2,1-4H3,(H,26,27,28)(H,29,30,31). The average Bonchev–Trinajstić information content (AvgIpc) is 2.79. The van der Waals surface area contributed by atoms with Gasteiger partial charge in [0.25, 0.3) is 0 Å². The highest BCUT2D eigenvalue weighted by atomic mass is 32.2. The second-order valence-corrected chi connectivity index (χ2v) is 9.44. The van der Waals surface area contributed by atoms with Crippen molar-refractivity contribution in [1.82, 2.24) is 14.7 Å². The van der Waals surface area contributed by atoms with Crippen LogP contribution in [0.5, 0.6) is 11.6 Å². The highest BCUT2D eigenvalue weighted by molar-refractivity contribution is 7.99. The third kappa shape index (κ3) is 6.79. The Kier molecular flexibility index (Phi) is 8.07. The Bertz CT molecular complexity index is 1360. The van der Waals surface area contributed by atoms with Crippen molar-refractivity contribution in [2.24, 2.45) is 0 Å². The van der Waals surface area contributed by atoms with Crippen LogP contribution in [-0.4, -0.2) is 52.7 Å². The van der Waals surface area contributed by atoms with E-state index in [0.717, 1.165) is 12.3 Å². The van der Waals surface area contributed by atoms with Gasteiger partial charge in [0.05, 0.1) is 36.7 Å². The molecule has 0 aliphatic carbocycles. The van der Waals surface area contributed by atoms with E-state index >= 15 is 0 Å². The van der Waals surface area contributed by atoms with Gasteiger partial charge in [-0.25, -0.2) is 27.5 Å². The number of amides is 1. The van der Waals surface area contributed by atoms with Gasteiger partial charge in [-0.05, 0) is 36.8 Å². The number of hydrogen-bond donors (Lipinski definition) is 2. The van der Waals surface area contributed by atoms with Crippen LogP contribution < -0.4 is 19.5 Å². The van der Waals surface area contributed by atoms with E-state index in [4.69, 9.17) is 14.2 Å². The van der Waals surface area contributed by atoms with Gasteiger partial charge in [-0.2, -0.15) is 4.98 Å². The average molecular weight is 507 g/mol. The quantitative estimate of drug-likeness (QED) is 0.443.